The van der Waals surface area contributed by atoms with Crippen LogP contribution >= 0.6 is 0 Å². The second kappa shape index (κ2) is 5.84. The first kappa shape index (κ1) is 13.5. The van der Waals surface area contributed by atoms with E-state index in [1.165, 1.54) is 0 Å². The molecule has 2 rings (SSSR count). The lowest BCUT2D eigenvalue weighted by Gasteiger charge is -2.34. The first-order chi connectivity index (χ1) is 9.11. The number of aliphatic hydroxyl groups is 1. The summed E-state index contributed by atoms with van der Waals surface area (Å²) in [7, 11) is 0. The molecular weight excluding hydrogens is 244 g/mol. The fourth-order valence-corrected chi connectivity index (χ4v) is 2.19. The van der Waals surface area contributed by atoms with E-state index in [4.69, 9.17) is 0 Å². The number of piperidine rings is 1. The van der Waals surface area contributed by atoms with Crippen LogP contribution in [0.5, 0.6) is 0 Å². The van der Waals surface area contributed by atoms with E-state index in [1.807, 2.05) is 6.92 Å². The van der Waals surface area contributed by atoms with Crippen molar-refractivity contribution in [2.24, 2.45) is 5.92 Å². The summed E-state index contributed by atoms with van der Waals surface area (Å²) in [5.41, 5.74) is 1.22. The molecule has 1 aliphatic rings. The number of rotatable bonds is 3. The topological polar surface area (TPSA) is 69.6 Å². The van der Waals surface area contributed by atoms with E-state index in [0.717, 1.165) is 6.42 Å². The van der Waals surface area contributed by atoms with E-state index in [0.29, 0.717) is 30.8 Å². The monoisotopic (exact) mass is 262 g/mol. The molecule has 2 amide bonds. The molecule has 0 radical (unpaired) electrons. The van der Waals surface area contributed by atoms with Crippen LogP contribution in [0.4, 0.5) is 5.69 Å². The summed E-state index contributed by atoms with van der Waals surface area (Å²) in [5, 5.41) is 12.3. The highest BCUT2D eigenvalue weighted by atomic mass is 16.3. The van der Waals surface area contributed by atoms with Crippen LogP contribution in [0.15, 0.2) is 24.3 Å². The van der Waals surface area contributed by atoms with Gasteiger partial charge in [0.25, 0.3) is 5.91 Å². The fraction of sp³-hybridized carbons (Fsp3) is 0.429. The lowest BCUT2D eigenvalue weighted by molar-refractivity contribution is -0.105. The minimum Gasteiger partial charge on any atom is -0.391 e. The highest BCUT2D eigenvalue weighted by molar-refractivity contribution is 5.94. The number of carbonyl (C=O) groups excluding carboxylic acids is 2. The Hall–Kier alpha value is -1.88. The van der Waals surface area contributed by atoms with E-state index in [-0.39, 0.29) is 11.8 Å². The third kappa shape index (κ3) is 3.12. The molecule has 2 unspecified atom stereocenters. The molecule has 1 aromatic carbocycles. The van der Waals surface area contributed by atoms with Crippen molar-refractivity contribution in [1.29, 1.82) is 0 Å². The number of nitrogens with one attached hydrogen (secondary N) is 1. The number of carbonyl (C=O) groups is 2. The average molecular weight is 262 g/mol. The largest absolute Gasteiger partial charge is 0.391 e. The number of benzene rings is 1. The van der Waals surface area contributed by atoms with Crippen LogP contribution in [0.25, 0.3) is 0 Å². The van der Waals surface area contributed by atoms with Crippen molar-refractivity contribution in [2.45, 2.75) is 19.4 Å². The van der Waals surface area contributed by atoms with Gasteiger partial charge in [-0.2, -0.15) is 0 Å². The number of amides is 2. The van der Waals surface area contributed by atoms with Gasteiger partial charge in [0.2, 0.25) is 6.41 Å². The quantitative estimate of drug-likeness (QED) is 0.801. The van der Waals surface area contributed by atoms with E-state index in [2.05, 4.69) is 5.32 Å². The summed E-state index contributed by atoms with van der Waals surface area (Å²) in [4.78, 5) is 24.2. The van der Waals surface area contributed by atoms with E-state index in [9.17, 15) is 14.7 Å². The van der Waals surface area contributed by atoms with E-state index >= 15 is 0 Å². The molecule has 0 aliphatic carbocycles. The molecule has 5 heteroatoms. The van der Waals surface area contributed by atoms with Crippen molar-refractivity contribution >= 4 is 18.0 Å². The molecule has 0 saturated carbocycles. The van der Waals surface area contributed by atoms with Crippen LogP contribution in [0.2, 0.25) is 0 Å². The zero-order valence-corrected chi connectivity index (χ0v) is 10.9. The maximum Gasteiger partial charge on any atom is 0.253 e. The van der Waals surface area contributed by atoms with Gasteiger partial charge in [0, 0.05) is 24.3 Å². The summed E-state index contributed by atoms with van der Waals surface area (Å²) in [6, 6.07) is 6.73. The van der Waals surface area contributed by atoms with Crippen molar-refractivity contribution in [3.63, 3.8) is 0 Å². The molecular formula is C14H18N2O3. The molecule has 0 spiro atoms. The maximum atomic E-state index is 12.2. The number of likely N-dealkylation sites (tertiary alicyclic amines) is 1. The molecule has 19 heavy (non-hydrogen) atoms. The summed E-state index contributed by atoms with van der Waals surface area (Å²) in [5.74, 6) is 0.159. The molecule has 2 atom stereocenters. The summed E-state index contributed by atoms with van der Waals surface area (Å²) in [6.45, 7) is 3.05. The Morgan fingerprint density at radius 1 is 1.42 bits per heavy atom. The molecule has 1 heterocycles. The highest BCUT2D eigenvalue weighted by Gasteiger charge is 2.27. The Morgan fingerprint density at radius 2 is 2.11 bits per heavy atom. The van der Waals surface area contributed by atoms with E-state index < -0.39 is 6.10 Å². The summed E-state index contributed by atoms with van der Waals surface area (Å²) < 4.78 is 0. The number of β-amino-alcohol motifs (C(OH)–C–C–N with tert-alkyl or cyclic N) is 1. The van der Waals surface area contributed by atoms with Gasteiger partial charge in [0.05, 0.1) is 6.10 Å². The molecule has 102 valence electrons. The maximum absolute atomic E-state index is 12.2. The van der Waals surface area contributed by atoms with Gasteiger partial charge in [-0.1, -0.05) is 6.92 Å². The van der Waals surface area contributed by atoms with Gasteiger partial charge in [-0.05, 0) is 36.6 Å². The molecule has 1 fully saturated rings. The highest BCUT2D eigenvalue weighted by Crippen LogP contribution is 2.19. The molecule has 1 saturated heterocycles. The van der Waals surface area contributed by atoms with E-state index in [1.54, 1.807) is 29.2 Å². The van der Waals surface area contributed by atoms with Crippen LogP contribution in [0, 0.1) is 5.92 Å². The predicted molar refractivity (Wildman–Crippen MR) is 71.8 cm³/mol. The summed E-state index contributed by atoms with van der Waals surface area (Å²) in [6.07, 6.45) is 0.963. The van der Waals surface area contributed by atoms with Crippen molar-refractivity contribution < 1.29 is 14.7 Å². The third-order valence-electron chi connectivity index (χ3n) is 3.56. The van der Waals surface area contributed by atoms with Crippen molar-refractivity contribution in [1.82, 2.24) is 4.90 Å². The van der Waals surface area contributed by atoms with Gasteiger partial charge in [0.1, 0.15) is 0 Å². The van der Waals surface area contributed by atoms with Gasteiger partial charge >= 0.3 is 0 Å². The first-order valence-corrected chi connectivity index (χ1v) is 6.39. The van der Waals surface area contributed by atoms with Crippen LogP contribution in [-0.2, 0) is 4.79 Å². The lowest BCUT2D eigenvalue weighted by atomic mass is 9.95. The number of hydrogen-bond acceptors (Lipinski definition) is 3. The molecule has 2 N–H and O–H groups in total. The average Bonchev–Trinajstić information content (AvgIpc) is 2.42. The second-order valence-corrected chi connectivity index (χ2v) is 4.92. The van der Waals surface area contributed by atoms with Gasteiger partial charge in [-0.25, -0.2) is 0 Å². The minimum atomic E-state index is -0.450. The molecule has 1 aliphatic heterocycles. The Morgan fingerprint density at radius 3 is 2.68 bits per heavy atom. The number of anilines is 1. The first-order valence-electron chi connectivity index (χ1n) is 6.39. The van der Waals surface area contributed by atoms with Crippen LogP contribution in [0.3, 0.4) is 0 Å². The zero-order valence-electron chi connectivity index (χ0n) is 10.9. The Kier molecular flexibility index (Phi) is 4.16. The van der Waals surface area contributed by atoms with Crippen molar-refractivity contribution in [3.05, 3.63) is 29.8 Å². The fourth-order valence-electron chi connectivity index (χ4n) is 2.19. The molecule has 0 bridgehead atoms. The van der Waals surface area contributed by atoms with Crippen LogP contribution < -0.4 is 5.32 Å². The van der Waals surface area contributed by atoms with Crippen molar-refractivity contribution in [3.8, 4) is 0 Å². The number of aliphatic hydroxyl groups excluding tert-OH is 1. The second-order valence-electron chi connectivity index (χ2n) is 4.92. The lowest BCUT2D eigenvalue weighted by Crippen LogP contribution is -2.45. The standard InChI is InChI=1S/C14H18N2O3/c1-10-6-7-16(8-13(10)18)14(19)11-2-4-12(5-3-11)15-9-17/h2-5,9-10,13,18H,6-8H2,1H3,(H,15,17). The zero-order chi connectivity index (χ0) is 13.8. The van der Waals surface area contributed by atoms with Crippen molar-refractivity contribution in [2.75, 3.05) is 18.4 Å². The van der Waals surface area contributed by atoms with Crippen LogP contribution in [-0.4, -0.2) is 41.5 Å². The number of hydrogen-bond donors (Lipinski definition) is 2. The Balaban J connectivity index is 2.05. The van der Waals surface area contributed by atoms with Gasteiger partial charge in [0.15, 0.2) is 0 Å². The normalized spacial score (nSPS) is 22.9. The minimum absolute atomic E-state index is 0.0800. The predicted octanol–water partition coefficient (Wildman–Crippen LogP) is 1.10. The summed E-state index contributed by atoms with van der Waals surface area (Å²) >= 11 is 0. The Bertz CT molecular complexity index is 458. The van der Waals surface area contributed by atoms with Crippen LogP contribution in [0.1, 0.15) is 23.7 Å². The number of nitrogens with zero attached hydrogens (tertiary/aromatic N) is 1. The molecule has 5 nitrogen and oxygen atoms in total. The van der Waals surface area contributed by atoms with Gasteiger partial charge in [-0.3, -0.25) is 9.59 Å². The molecule has 1 aromatic rings. The Labute approximate surface area is 112 Å². The molecule has 0 aromatic heterocycles. The van der Waals surface area contributed by atoms with Gasteiger partial charge in [-0.15, -0.1) is 0 Å². The van der Waals surface area contributed by atoms with Gasteiger partial charge < -0.3 is 15.3 Å². The SMILES string of the molecule is CC1CCN(C(=O)c2ccc(NC=O)cc2)CC1O. The third-order valence-corrected chi connectivity index (χ3v) is 3.56. The smallest absolute Gasteiger partial charge is 0.253 e.